The minimum Gasteiger partial charge on any atom is -0.480 e. The normalized spacial score (nSPS) is 12.3. The Hall–Kier alpha value is -2.48. The summed E-state index contributed by atoms with van der Waals surface area (Å²) in [6.45, 7) is 0.944. The molecule has 0 fully saturated rings. The summed E-state index contributed by atoms with van der Waals surface area (Å²) < 4.78 is 48.1. The second-order valence-electron chi connectivity index (χ2n) is 8.28. The van der Waals surface area contributed by atoms with Gasteiger partial charge in [-0.3, -0.25) is 9.52 Å². The van der Waals surface area contributed by atoms with Crippen LogP contribution in [-0.2, 0) is 21.2 Å². The number of nitrogens with two attached hydrogens (primary N) is 1. The number of anilines is 1. The van der Waals surface area contributed by atoms with Gasteiger partial charge >= 0.3 is 5.97 Å². The van der Waals surface area contributed by atoms with Crippen molar-refractivity contribution < 1.29 is 27.4 Å². The van der Waals surface area contributed by atoms with E-state index >= 15 is 0 Å². The van der Waals surface area contributed by atoms with Gasteiger partial charge in [0.2, 0.25) is 0 Å². The lowest BCUT2D eigenvalue weighted by Gasteiger charge is -2.16. The number of aryl methyl sites for hydroxylation is 1. The Kier molecular flexibility index (Phi) is 11.1. The number of aromatic nitrogens is 1. The van der Waals surface area contributed by atoms with Gasteiger partial charge in [-0.1, -0.05) is 29.6 Å². The predicted molar refractivity (Wildman–Crippen MR) is 147 cm³/mol. The summed E-state index contributed by atoms with van der Waals surface area (Å²) in [5.74, 6) is -1.63. The largest absolute Gasteiger partial charge is 0.480 e. The molecule has 0 unspecified atom stereocenters. The molecule has 206 valence electrons. The summed E-state index contributed by atoms with van der Waals surface area (Å²) in [4.78, 5) is 14.7. The SMILES string of the molecule is NCCCC[C@H](NCCCc1cc(Cl)ccc1Oc1cc(F)c(S(=O)(=O)Nc2cscn2)cc1Cl)C(=O)O. The number of aliphatic carboxylic acids is 1. The number of carboxylic acid groups (broad SMARTS) is 1. The Balaban J connectivity index is 1.70. The molecule has 1 heterocycles. The van der Waals surface area contributed by atoms with Gasteiger partial charge in [-0.15, -0.1) is 11.3 Å². The number of rotatable bonds is 15. The van der Waals surface area contributed by atoms with E-state index in [0.717, 1.165) is 18.6 Å². The molecule has 0 aliphatic carbocycles. The highest BCUT2D eigenvalue weighted by atomic mass is 35.5. The summed E-state index contributed by atoms with van der Waals surface area (Å²) >= 11 is 13.6. The quantitative estimate of drug-likeness (QED) is 0.171. The van der Waals surface area contributed by atoms with E-state index in [1.165, 1.54) is 22.2 Å². The molecular weight excluding hydrogens is 578 g/mol. The van der Waals surface area contributed by atoms with Crippen LogP contribution in [0.3, 0.4) is 0 Å². The highest BCUT2D eigenvalue weighted by Gasteiger charge is 2.23. The molecule has 3 aromatic rings. The molecule has 38 heavy (non-hydrogen) atoms. The fourth-order valence-corrected chi connectivity index (χ4v) is 5.68. The van der Waals surface area contributed by atoms with Gasteiger partial charge in [0.05, 0.1) is 10.5 Å². The molecule has 5 N–H and O–H groups in total. The van der Waals surface area contributed by atoms with Gasteiger partial charge in [-0.05, 0) is 68.6 Å². The Labute approximate surface area is 234 Å². The zero-order valence-electron chi connectivity index (χ0n) is 20.1. The second-order valence-corrected chi connectivity index (χ2v) is 11.5. The first-order chi connectivity index (χ1) is 18.1. The van der Waals surface area contributed by atoms with Gasteiger partial charge in [0, 0.05) is 16.5 Å². The third-order valence-electron chi connectivity index (χ3n) is 5.45. The van der Waals surface area contributed by atoms with E-state index in [-0.39, 0.29) is 16.6 Å². The number of carbonyl (C=O) groups is 1. The van der Waals surface area contributed by atoms with E-state index < -0.39 is 32.7 Å². The topological polar surface area (TPSA) is 144 Å². The van der Waals surface area contributed by atoms with Crippen LogP contribution in [0, 0.1) is 5.82 Å². The number of unbranched alkanes of at least 4 members (excludes halogenated alkanes) is 1. The van der Waals surface area contributed by atoms with Crippen LogP contribution in [0.4, 0.5) is 10.2 Å². The fraction of sp³-hybridized carbons (Fsp3) is 0.333. The van der Waals surface area contributed by atoms with E-state index in [4.69, 9.17) is 33.7 Å². The molecule has 0 radical (unpaired) electrons. The first-order valence-corrected chi connectivity index (χ1v) is 14.8. The van der Waals surface area contributed by atoms with Gasteiger partial charge in [-0.25, -0.2) is 17.8 Å². The molecule has 3 rings (SSSR count). The van der Waals surface area contributed by atoms with Crippen LogP contribution in [0.5, 0.6) is 11.5 Å². The standard InChI is InChI=1S/C24H27Cl2FN4O5S2/c25-16-6-7-20(15(10-16)4-3-9-29-19(24(32)33)5-1-2-8-28)36-21-12-18(27)22(11-17(21)26)38(34,35)31-23-13-37-14-30-23/h6-7,10-14,19,29,31H,1-5,8-9,28H2,(H,32,33)/t19-/m0/s1. The van der Waals surface area contributed by atoms with Gasteiger partial charge in [0.1, 0.15) is 28.3 Å². The molecule has 0 aliphatic heterocycles. The van der Waals surface area contributed by atoms with Gasteiger partial charge in [0.15, 0.2) is 5.82 Å². The number of hydrogen-bond acceptors (Lipinski definition) is 8. The number of halogens is 3. The van der Waals surface area contributed by atoms with Crippen molar-refractivity contribution in [3.8, 4) is 11.5 Å². The number of hydrogen-bond donors (Lipinski definition) is 4. The monoisotopic (exact) mass is 604 g/mol. The van der Waals surface area contributed by atoms with Crippen molar-refractivity contribution in [3.05, 3.63) is 62.6 Å². The molecule has 0 spiro atoms. The summed E-state index contributed by atoms with van der Waals surface area (Å²) in [5.41, 5.74) is 7.60. The Morgan fingerprint density at radius 3 is 2.66 bits per heavy atom. The Bertz CT molecular complexity index is 1340. The lowest BCUT2D eigenvalue weighted by atomic mass is 10.1. The van der Waals surface area contributed by atoms with Crippen molar-refractivity contribution in [2.75, 3.05) is 17.8 Å². The van der Waals surface area contributed by atoms with Crippen LogP contribution in [0.2, 0.25) is 10.0 Å². The second kappa shape index (κ2) is 14.1. The zero-order valence-corrected chi connectivity index (χ0v) is 23.3. The van der Waals surface area contributed by atoms with Crippen LogP contribution in [0.15, 0.2) is 46.1 Å². The lowest BCUT2D eigenvalue weighted by molar-refractivity contribution is -0.139. The Morgan fingerprint density at radius 2 is 1.97 bits per heavy atom. The van der Waals surface area contributed by atoms with Crippen molar-refractivity contribution in [2.24, 2.45) is 5.73 Å². The summed E-state index contributed by atoms with van der Waals surface area (Å²) in [6.07, 6.45) is 2.99. The van der Waals surface area contributed by atoms with Crippen LogP contribution >= 0.6 is 34.5 Å². The molecule has 0 saturated carbocycles. The smallest absolute Gasteiger partial charge is 0.320 e. The average Bonchev–Trinajstić information content (AvgIpc) is 3.36. The molecule has 0 amide bonds. The van der Waals surface area contributed by atoms with Crippen molar-refractivity contribution in [3.63, 3.8) is 0 Å². The summed E-state index contributed by atoms with van der Waals surface area (Å²) in [7, 11) is -4.27. The van der Waals surface area contributed by atoms with Gasteiger partial charge < -0.3 is 20.9 Å². The molecule has 1 aromatic heterocycles. The number of nitrogens with zero attached hydrogens (tertiary/aromatic N) is 1. The number of thiazole rings is 1. The highest BCUT2D eigenvalue weighted by molar-refractivity contribution is 7.92. The van der Waals surface area contributed by atoms with Gasteiger partial charge in [-0.2, -0.15) is 0 Å². The maximum atomic E-state index is 14.9. The van der Waals surface area contributed by atoms with E-state index in [0.29, 0.717) is 55.1 Å². The van der Waals surface area contributed by atoms with Gasteiger partial charge in [0.25, 0.3) is 10.0 Å². The van der Waals surface area contributed by atoms with Crippen molar-refractivity contribution in [1.29, 1.82) is 0 Å². The third kappa shape index (κ3) is 8.52. The van der Waals surface area contributed by atoms with Crippen LogP contribution in [0.1, 0.15) is 31.2 Å². The van der Waals surface area contributed by atoms with Crippen LogP contribution < -0.4 is 20.5 Å². The van der Waals surface area contributed by atoms with E-state index in [1.54, 1.807) is 18.2 Å². The van der Waals surface area contributed by atoms with Crippen molar-refractivity contribution in [1.82, 2.24) is 10.3 Å². The van der Waals surface area contributed by atoms with Crippen molar-refractivity contribution in [2.45, 2.75) is 43.0 Å². The first kappa shape index (κ1) is 30.1. The minimum absolute atomic E-state index is 0.0661. The Morgan fingerprint density at radius 1 is 1.18 bits per heavy atom. The number of carboxylic acids is 1. The molecule has 14 heteroatoms. The van der Waals surface area contributed by atoms with Crippen molar-refractivity contribution >= 4 is 56.3 Å². The first-order valence-electron chi connectivity index (χ1n) is 11.6. The predicted octanol–water partition coefficient (Wildman–Crippen LogP) is 5.29. The van der Waals surface area contributed by atoms with Crippen LogP contribution in [0.25, 0.3) is 0 Å². The molecular formula is C24H27Cl2FN4O5S2. The number of nitrogens with one attached hydrogen (secondary N) is 2. The lowest BCUT2D eigenvalue weighted by Crippen LogP contribution is -2.37. The van der Waals surface area contributed by atoms with E-state index in [9.17, 15) is 22.7 Å². The molecule has 9 nitrogen and oxygen atoms in total. The van der Waals surface area contributed by atoms with E-state index in [1.807, 2.05) is 0 Å². The van der Waals surface area contributed by atoms with E-state index in [2.05, 4.69) is 15.0 Å². The molecule has 1 atom stereocenters. The molecule has 2 aromatic carbocycles. The molecule has 0 bridgehead atoms. The van der Waals surface area contributed by atoms with Crippen LogP contribution in [-0.4, -0.2) is 43.6 Å². The molecule has 0 saturated heterocycles. The third-order valence-corrected chi connectivity index (χ3v) is 7.93. The number of ether oxygens (including phenoxy) is 1. The summed E-state index contributed by atoms with van der Waals surface area (Å²) in [6, 6.07) is 6.08. The number of sulfonamides is 1. The fourth-order valence-electron chi connectivity index (χ4n) is 3.57. The minimum atomic E-state index is -4.27. The maximum Gasteiger partial charge on any atom is 0.320 e. The zero-order chi connectivity index (χ0) is 27.7. The number of benzene rings is 2. The highest BCUT2D eigenvalue weighted by Crippen LogP contribution is 2.36. The maximum absolute atomic E-state index is 14.9. The molecule has 0 aliphatic rings. The summed E-state index contributed by atoms with van der Waals surface area (Å²) in [5, 5.41) is 14.2. The average molecular weight is 606 g/mol.